The van der Waals surface area contributed by atoms with Crippen molar-refractivity contribution in [2.75, 3.05) is 13.5 Å². The molecule has 0 aliphatic carbocycles. The monoisotopic (exact) mass is 368 g/mol. The van der Waals surface area contributed by atoms with Gasteiger partial charge in [-0.05, 0) is 13.8 Å². The second kappa shape index (κ2) is 33.7. The molecule has 0 unspecified atom stereocenters. The van der Waals surface area contributed by atoms with Crippen molar-refractivity contribution in [2.45, 2.75) is 67.2 Å². The molecule has 0 heterocycles. The molecule has 0 radical (unpaired) electrons. The number of carbonyl (C=O) groups excluding carboxylic acids is 3. The molecule has 0 saturated carbocycles. The molecule has 152 valence electrons. The number of nitrogens with one attached hydrogen (secondary N) is 1. The molecule has 6 N–H and O–H groups in total. The predicted molar refractivity (Wildman–Crippen MR) is 96.7 cm³/mol. The third-order valence-electron chi connectivity index (χ3n) is 1.90. The Morgan fingerprint density at radius 1 is 0.800 bits per heavy atom. The quantitative estimate of drug-likeness (QED) is 0.444. The highest BCUT2D eigenvalue weighted by Crippen LogP contribution is 1.72. The number of aliphatic hydroxyl groups excluding tert-OH is 2. The molecule has 0 aliphatic heterocycles. The third-order valence-corrected chi connectivity index (χ3v) is 1.90. The van der Waals surface area contributed by atoms with Crippen molar-refractivity contribution < 1.29 is 34.5 Å². The van der Waals surface area contributed by atoms with E-state index in [1.165, 1.54) is 0 Å². The van der Waals surface area contributed by atoms with E-state index in [0.29, 0.717) is 19.3 Å². The van der Waals surface area contributed by atoms with Gasteiger partial charge in [0.2, 0.25) is 5.91 Å². The maximum atomic E-state index is 10.1. The zero-order chi connectivity index (χ0) is 21.3. The minimum absolute atomic E-state index is 0.123. The minimum Gasteiger partial charge on any atom is -0.481 e. The van der Waals surface area contributed by atoms with Gasteiger partial charge in [-0.25, -0.2) is 0 Å². The first-order valence-corrected chi connectivity index (χ1v) is 7.93. The fourth-order valence-electron chi connectivity index (χ4n) is 0.213. The Bertz CT molecular complexity index is 288. The second-order valence-corrected chi connectivity index (χ2v) is 4.15. The number of aliphatic carboxylic acids is 1. The molecule has 0 aromatic carbocycles. The average molecular weight is 368 g/mol. The summed E-state index contributed by atoms with van der Waals surface area (Å²) in [5, 5.41) is 25.3. The predicted octanol–water partition coefficient (Wildman–Crippen LogP) is 0.809. The normalized spacial score (nSPS) is 7.56. The number of amides is 1. The molecule has 0 rings (SSSR count). The van der Waals surface area contributed by atoms with Crippen molar-refractivity contribution in [3.63, 3.8) is 0 Å². The van der Waals surface area contributed by atoms with Crippen molar-refractivity contribution in [1.82, 2.24) is 5.32 Å². The molecule has 1 amide bonds. The van der Waals surface area contributed by atoms with Gasteiger partial charge in [0, 0.05) is 25.7 Å². The van der Waals surface area contributed by atoms with Crippen LogP contribution in [0.15, 0.2) is 0 Å². The Kier molecular flexibility index (Phi) is 46.5. The first-order valence-electron chi connectivity index (χ1n) is 7.93. The van der Waals surface area contributed by atoms with Crippen LogP contribution in [0.25, 0.3) is 0 Å². The minimum atomic E-state index is -0.745. The van der Waals surface area contributed by atoms with E-state index < -0.39 is 5.97 Å². The van der Waals surface area contributed by atoms with Gasteiger partial charge < -0.3 is 36.0 Å². The fraction of sp³-hybridized carbons (Fsp3) is 0.750. The van der Waals surface area contributed by atoms with E-state index in [-0.39, 0.29) is 37.4 Å². The maximum Gasteiger partial charge on any atom is 0.303 e. The van der Waals surface area contributed by atoms with Crippen molar-refractivity contribution in [3.05, 3.63) is 0 Å². The topological polar surface area (TPSA) is 167 Å². The molecule has 0 atom stereocenters. The van der Waals surface area contributed by atoms with Crippen LogP contribution in [0.2, 0.25) is 0 Å². The highest BCUT2D eigenvalue weighted by molar-refractivity contribution is 5.75. The zero-order valence-electron chi connectivity index (χ0n) is 16.3. The molecular weight excluding hydrogens is 332 g/mol. The van der Waals surface area contributed by atoms with E-state index in [4.69, 9.17) is 15.3 Å². The van der Waals surface area contributed by atoms with E-state index in [2.05, 4.69) is 11.1 Å². The van der Waals surface area contributed by atoms with Gasteiger partial charge in [0.15, 0.2) is 0 Å². The van der Waals surface area contributed by atoms with E-state index >= 15 is 0 Å². The van der Waals surface area contributed by atoms with Gasteiger partial charge in [0.1, 0.15) is 18.3 Å². The van der Waals surface area contributed by atoms with E-state index in [0.717, 1.165) is 0 Å². The highest BCUT2D eigenvalue weighted by Gasteiger charge is 1.89. The van der Waals surface area contributed by atoms with Crippen molar-refractivity contribution in [2.24, 2.45) is 5.73 Å². The highest BCUT2D eigenvalue weighted by atomic mass is 16.4. The SMILES string of the molecule is CCC(=O)NCO.CCC(=O)O.CCC(C)=O.CCC(C)=O.NCO. The summed E-state index contributed by atoms with van der Waals surface area (Å²) in [6.07, 6.45) is 1.99. The summed E-state index contributed by atoms with van der Waals surface area (Å²) in [4.78, 5) is 39.1. The van der Waals surface area contributed by atoms with Gasteiger partial charge >= 0.3 is 5.97 Å². The van der Waals surface area contributed by atoms with Crippen LogP contribution in [0.3, 0.4) is 0 Å². The van der Waals surface area contributed by atoms with Gasteiger partial charge in [-0.3, -0.25) is 9.59 Å². The number of hydrogen-bond acceptors (Lipinski definition) is 7. The molecule has 0 saturated heterocycles. The lowest BCUT2D eigenvalue weighted by molar-refractivity contribution is -0.136. The summed E-state index contributed by atoms with van der Waals surface area (Å²) in [5.74, 6) is -0.359. The molecule has 9 heteroatoms. The molecule has 25 heavy (non-hydrogen) atoms. The third kappa shape index (κ3) is 107. The Balaban J connectivity index is -0.0000000683. The molecular formula is C16H36N2O7. The van der Waals surface area contributed by atoms with Crippen LogP contribution in [0.5, 0.6) is 0 Å². The fourth-order valence-corrected chi connectivity index (χ4v) is 0.213. The molecule has 0 aromatic heterocycles. The first kappa shape index (κ1) is 34.5. The standard InChI is InChI=1S/C4H9NO2.2C4H8O.C3H6O2.CH5NO/c1-2-4(7)5-3-6;2*1-3-4(2)5;1-2-3(4)5;2-1-3/h6H,2-3H2,1H3,(H,5,7);2*3H2,1-2H3;2H2,1H3,(H,4,5);3H,1-2H2. The summed E-state index contributed by atoms with van der Waals surface area (Å²) in [5.41, 5.74) is 4.40. The van der Waals surface area contributed by atoms with Crippen LogP contribution < -0.4 is 11.1 Å². The number of carbonyl (C=O) groups is 4. The van der Waals surface area contributed by atoms with Crippen molar-refractivity contribution in [3.8, 4) is 0 Å². The summed E-state index contributed by atoms with van der Waals surface area (Å²) in [6.45, 7) is 9.69. The lowest BCUT2D eigenvalue weighted by Crippen LogP contribution is -2.22. The summed E-state index contributed by atoms with van der Waals surface area (Å²) < 4.78 is 0. The average Bonchev–Trinajstić information content (AvgIpc) is 2.57. The lowest BCUT2D eigenvalue weighted by Gasteiger charge is -1.93. The number of nitrogens with two attached hydrogens (primary N) is 1. The van der Waals surface area contributed by atoms with Crippen LogP contribution >= 0.6 is 0 Å². The van der Waals surface area contributed by atoms with Gasteiger partial charge in [0.05, 0.1) is 6.73 Å². The van der Waals surface area contributed by atoms with Crippen molar-refractivity contribution in [1.29, 1.82) is 0 Å². The molecule has 0 spiro atoms. The van der Waals surface area contributed by atoms with Crippen LogP contribution in [0, 0.1) is 0 Å². The summed E-state index contributed by atoms with van der Waals surface area (Å²) in [6, 6.07) is 0. The number of Topliss-reactive ketones (excluding diaryl/α,β-unsaturated/α-hetero) is 2. The summed E-state index contributed by atoms with van der Waals surface area (Å²) >= 11 is 0. The van der Waals surface area contributed by atoms with Gasteiger partial charge in [-0.1, -0.05) is 27.7 Å². The number of carboxylic acids is 1. The van der Waals surface area contributed by atoms with Gasteiger partial charge in [-0.15, -0.1) is 0 Å². The lowest BCUT2D eigenvalue weighted by atomic mass is 10.4. The first-order chi connectivity index (χ1) is 11.5. The van der Waals surface area contributed by atoms with E-state index in [1.807, 2.05) is 13.8 Å². The smallest absolute Gasteiger partial charge is 0.303 e. The Morgan fingerprint density at radius 2 is 1.04 bits per heavy atom. The van der Waals surface area contributed by atoms with Crippen LogP contribution in [-0.4, -0.2) is 52.2 Å². The van der Waals surface area contributed by atoms with Crippen LogP contribution in [0.1, 0.15) is 67.2 Å². The van der Waals surface area contributed by atoms with Gasteiger partial charge in [0.25, 0.3) is 0 Å². The maximum absolute atomic E-state index is 10.1. The zero-order valence-corrected chi connectivity index (χ0v) is 16.3. The molecule has 0 bridgehead atoms. The molecule has 0 fully saturated rings. The number of aliphatic hydroxyl groups is 2. The molecule has 0 aliphatic rings. The molecule has 0 aromatic rings. The van der Waals surface area contributed by atoms with E-state index in [1.54, 1.807) is 27.7 Å². The van der Waals surface area contributed by atoms with Crippen LogP contribution in [0.4, 0.5) is 0 Å². The number of ketones is 2. The Morgan fingerprint density at radius 3 is 1.08 bits per heavy atom. The Labute approximate surface area is 150 Å². The number of carboxylic acid groups (broad SMARTS) is 1. The Hall–Kier alpha value is -1.84. The summed E-state index contributed by atoms with van der Waals surface area (Å²) in [7, 11) is 0. The second-order valence-electron chi connectivity index (χ2n) is 4.15. The largest absolute Gasteiger partial charge is 0.481 e. The van der Waals surface area contributed by atoms with Gasteiger partial charge in [-0.2, -0.15) is 0 Å². The number of rotatable bonds is 5. The number of hydrogen-bond donors (Lipinski definition) is 5. The van der Waals surface area contributed by atoms with E-state index in [9.17, 15) is 19.2 Å². The van der Waals surface area contributed by atoms with Crippen LogP contribution in [-0.2, 0) is 19.2 Å². The van der Waals surface area contributed by atoms with Crippen molar-refractivity contribution >= 4 is 23.4 Å². The molecule has 9 nitrogen and oxygen atoms in total.